The van der Waals surface area contributed by atoms with Crippen LogP contribution < -0.4 is 10.1 Å². The molecule has 0 aliphatic carbocycles. The fraction of sp³-hybridized carbons (Fsp3) is 0.200. The van der Waals surface area contributed by atoms with Gasteiger partial charge in [-0.2, -0.15) is 0 Å². The van der Waals surface area contributed by atoms with Gasteiger partial charge in [0.2, 0.25) is 0 Å². The molecular weight excluding hydrogens is 290 g/mol. The van der Waals surface area contributed by atoms with Gasteiger partial charge in [-0.15, -0.1) is 11.8 Å². The van der Waals surface area contributed by atoms with Crippen molar-refractivity contribution in [3.05, 3.63) is 48.5 Å². The van der Waals surface area contributed by atoms with Crippen molar-refractivity contribution < 1.29 is 8.95 Å². The summed E-state index contributed by atoms with van der Waals surface area (Å²) in [6, 6.07) is 15.8. The van der Waals surface area contributed by atoms with Crippen LogP contribution in [0.25, 0.3) is 0 Å². The fourth-order valence-electron chi connectivity index (χ4n) is 2.02. The second kappa shape index (κ2) is 6.33. The average Bonchev–Trinajstić information content (AvgIpc) is 2.90. The van der Waals surface area contributed by atoms with E-state index in [9.17, 15) is 4.21 Å². The maximum atomic E-state index is 11.1. The molecule has 0 spiro atoms. The van der Waals surface area contributed by atoms with E-state index in [0.29, 0.717) is 5.94 Å². The highest BCUT2D eigenvalue weighted by molar-refractivity contribution is 7.99. The standard InChI is InChI=1S/C8H9NS.C7H6O2S/c1-2-4-8-7(3-1)9-5-6-10-8;8-10-5-9-6-3-1-2-4-7(6)10/h1-4,9H,5-6H2;1-4H,5H2. The van der Waals surface area contributed by atoms with Gasteiger partial charge in [0, 0.05) is 22.9 Å². The highest BCUT2D eigenvalue weighted by atomic mass is 32.2. The molecule has 2 aliphatic rings. The number of ether oxygens (including phenoxy) is 1. The van der Waals surface area contributed by atoms with Crippen molar-refractivity contribution in [2.24, 2.45) is 0 Å². The van der Waals surface area contributed by atoms with Gasteiger partial charge in [-0.25, -0.2) is 0 Å². The topological polar surface area (TPSA) is 38.3 Å². The van der Waals surface area contributed by atoms with Crippen molar-refractivity contribution in [2.75, 3.05) is 23.6 Å². The zero-order chi connectivity index (χ0) is 13.8. The minimum absolute atomic E-state index is 0.319. The molecular formula is C15H15NO2S2. The van der Waals surface area contributed by atoms with E-state index >= 15 is 0 Å². The van der Waals surface area contributed by atoms with Gasteiger partial charge in [0.05, 0.1) is 15.7 Å². The van der Waals surface area contributed by atoms with Gasteiger partial charge >= 0.3 is 0 Å². The van der Waals surface area contributed by atoms with Crippen LogP contribution in [0.5, 0.6) is 5.75 Å². The molecule has 1 unspecified atom stereocenters. The zero-order valence-corrected chi connectivity index (χ0v) is 12.5. The number of rotatable bonds is 0. The zero-order valence-electron chi connectivity index (χ0n) is 10.9. The number of anilines is 1. The lowest BCUT2D eigenvalue weighted by molar-refractivity contribution is 0.394. The maximum absolute atomic E-state index is 11.1. The second-order valence-corrected chi connectivity index (χ2v) is 6.83. The fourth-order valence-corrected chi connectivity index (χ4v) is 3.86. The van der Waals surface area contributed by atoms with Crippen LogP contribution in [0.15, 0.2) is 58.3 Å². The summed E-state index contributed by atoms with van der Waals surface area (Å²) in [6.45, 7) is 1.10. The highest BCUT2D eigenvalue weighted by Crippen LogP contribution is 2.29. The summed E-state index contributed by atoms with van der Waals surface area (Å²) in [5.41, 5.74) is 1.29. The summed E-state index contributed by atoms with van der Waals surface area (Å²) < 4.78 is 16.2. The predicted octanol–water partition coefficient (Wildman–Crippen LogP) is 3.35. The molecule has 0 aromatic heterocycles. The van der Waals surface area contributed by atoms with E-state index in [2.05, 4.69) is 29.6 Å². The molecule has 2 aliphatic heterocycles. The first-order valence-electron chi connectivity index (χ1n) is 6.40. The smallest absolute Gasteiger partial charge is 0.167 e. The minimum Gasteiger partial charge on any atom is -0.479 e. The Bertz CT molecular complexity index is 606. The number of hydrogen-bond acceptors (Lipinski definition) is 4. The van der Waals surface area contributed by atoms with Gasteiger partial charge in [-0.05, 0) is 24.3 Å². The first-order valence-corrected chi connectivity index (χ1v) is 8.71. The Kier molecular flexibility index (Phi) is 4.28. The lowest BCUT2D eigenvalue weighted by atomic mass is 10.3. The van der Waals surface area contributed by atoms with Gasteiger partial charge in [-0.3, -0.25) is 4.21 Å². The lowest BCUT2D eigenvalue weighted by Crippen LogP contribution is -2.09. The largest absolute Gasteiger partial charge is 0.479 e. The van der Waals surface area contributed by atoms with E-state index < -0.39 is 10.8 Å². The van der Waals surface area contributed by atoms with E-state index in [-0.39, 0.29) is 0 Å². The van der Waals surface area contributed by atoms with E-state index in [4.69, 9.17) is 4.74 Å². The molecule has 0 bridgehead atoms. The molecule has 2 heterocycles. The molecule has 0 amide bonds. The molecule has 104 valence electrons. The number of thioether (sulfide) groups is 1. The first-order chi connectivity index (χ1) is 9.84. The van der Waals surface area contributed by atoms with E-state index in [1.807, 2.05) is 36.0 Å². The molecule has 1 N–H and O–H groups in total. The highest BCUT2D eigenvalue weighted by Gasteiger charge is 2.17. The number of nitrogens with one attached hydrogen (secondary N) is 1. The van der Waals surface area contributed by atoms with Gasteiger partial charge in [0.1, 0.15) is 5.75 Å². The molecule has 0 radical (unpaired) electrons. The van der Waals surface area contributed by atoms with Crippen LogP contribution in [0, 0.1) is 0 Å². The van der Waals surface area contributed by atoms with Gasteiger partial charge in [-0.1, -0.05) is 24.3 Å². The van der Waals surface area contributed by atoms with E-state index in [1.54, 1.807) is 0 Å². The Morgan fingerprint density at radius 2 is 1.90 bits per heavy atom. The molecule has 0 saturated carbocycles. The number of fused-ring (bicyclic) bond motifs is 2. The molecule has 0 fully saturated rings. The first kappa shape index (κ1) is 13.5. The van der Waals surface area contributed by atoms with Gasteiger partial charge < -0.3 is 10.1 Å². The summed E-state index contributed by atoms with van der Waals surface area (Å²) in [6.07, 6.45) is 0. The summed E-state index contributed by atoms with van der Waals surface area (Å²) in [7, 11) is -0.920. The molecule has 0 saturated heterocycles. The third-order valence-corrected chi connectivity index (χ3v) is 5.21. The molecule has 2 aromatic rings. The monoisotopic (exact) mass is 305 g/mol. The summed E-state index contributed by atoms with van der Waals surface area (Å²) in [5.74, 6) is 2.27. The van der Waals surface area contributed by atoms with Crippen LogP contribution in [0.3, 0.4) is 0 Å². The quantitative estimate of drug-likeness (QED) is 0.810. The molecule has 1 atom stereocenters. The molecule has 4 rings (SSSR count). The predicted molar refractivity (Wildman–Crippen MR) is 84.0 cm³/mol. The van der Waals surface area contributed by atoms with Crippen molar-refractivity contribution in [3.8, 4) is 5.75 Å². The SMILES string of the molecule is O=S1COc2ccccc21.c1ccc2c(c1)NCCS2. The maximum Gasteiger partial charge on any atom is 0.167 e. The molecule has 5 heteroatoms. The van der Waals surface area contributed by atoms with Crippen LogP contribution in [0.2, 0.25) is 0 Å². The number of para-hydroxylation sites is 2. The van der Waals surface area contributed by atoms with Gasteiger partial charge in [0.25, 0.3) is 0 Å². The molecule has 2 aromatic carbocycles. The Labute approximate surface area is 125 Å². The van der Waals surface area contributed by atoms with Crippen molar-refractivity contribution in [3.63, 3.8) is 0 Å². The lowest BCUT2D eigenvalue weighted by Gasteiger charge is -2.16. The third kappa shape index (κ3) is 2.99. The summed E-state index contributed by atoms with van der Waals surface area (Å²) in [4.78, 5) is 2.20. The van der Waals surface area contributed by atoms with E-state index in [1.165, 1.54) is 16.3 Å². The number of hydrogen-bond donors (Lipinski definition) is 1. The van der Waals surface area contributed by atoms with Crippen molar-refractivity contribution in [2.45, 2.75) is 9.79 Å². The van der Waals surface area contributed by atoms with Gasteiger partial charge in [0.15, 0.2) is 5.94 Å². The van der Waals surface area contributed by atoms with Crippen molar-refractivity contribution >= 4 is 28.2 Å². The van der Waals surface area contributed by atoms with Crippen LogP contribution in [-0.4, -0.2) is 22.4 Å². The third-order valence-electron chi connectivity index (χ3n) is 2.98. The van der Waals surface area contributed by atoms with Crippen LogP contribution >= 0.6 is 11.8 Å². The minimum atomic E-state index is -0.920. The Morgan fingerprint density at radius 1 is 1.10 bits per heavy atom. The Hall–Kier alpha value is -1.46. The molecule has 20 heavy (non-hydrogen) atoms. The Balaban J connectivity index is 0.000000121. The van der Waals surface area contributed by atoms with Crippen molar-refractivity contribution in [1.29, 1.82) is 0 Å². The van der Waals surface area contributed by atoms with Crippen LogP contribution in [-0.2, 0) is 10.8 Å². The van der Waals surface area contributed by atoms with Crippen LogP contribution in [0.1, 0.15) is 0 Å². The molecule has 3 nitrogen and oxygen atoms in total. The average molecular weight is 305 g/mol. The normalized spacial score (nSPS) is 18.7. The summed E-state index contributed by atoms with van der Waals surface area (Å²) in [5, 5.41) is 3.34. The van der Waals surface area contributed by atoms with Crippen LogP contribution in [0.4, 0.5) is 5.69 Å². The number of benzene rings is 2. The summed E-state index contributed by atoms with van der Waals surface area (Å²) >= 11 is 1.93. The van der Waals surface area contributed by atoms with E-state index in [0.717, 1.165) is 17.2 Å². The Morgan fingerprint density at radius 3 is 2.75 bits per heavy atom. The second-order valence-electron chi connectivity index (χ2n) is 4.33. The van der Waals surface area contributed by atoms with Crippen molar-refractivity contribution in [1.82, 2.24) is 0 Å².